The maximum Gasteiger partial charge on any atom is 0.315 e. The van der Waals surface area contributed by atoms with Crippen molar-refractivity contribution in [3.8, 4) is 0 Å². The molecule has 5 nitrogen and oxygen atoms in total. The van der Waals surface area contributed by atoms with Crippen LogP contribution in [0, 0.1) is 5.92 Å². The zero-order chi connectivity index (χ0) is 14.7. The Kier molecular flexibility index (Phi) is 5.01. The second-order valence-corrected chi connectivity index (χ2v) is 7.08. The van der Waals surface area contributed by atoms with Gasteiger partial charge in [-0.3, -0.25) is 0 Å². The Labute approximate surface area is 127 Å². The van der Waals surface area contributed by atoms with Crippen molar-refractivity contribution in [2.24, 2.45) is 5.92 Å². The van der Waals surface area contributed by atoms with E-state index in [1.807, 2.05) is 0 Å². The molecule has 0 radical (unpaired) electrons. The highest BCUT2D eigenvalue weighted by atomic mass is 16.3. The van der Waals surface area contributed by atoms with Gasteiger partial charge >= 0.3 is 6.03 Å². The first-order chi connectivity index (χ1) is 10.2. The van der Waals surface area contributed by atoms with Crippen LogP contribution in [0.5, 0.6) is 0 Å². The fourth-order valence-corrected chi connectivity index (χ4v) is 3.77. The second-order valence-electron chi connectivity index (χ2n) is 7.08. The molecule has 3 N–H and O–H groups in total. The molecule has 1 saturated heterocycles. The second kappa shape index (κ2) is 6.97. The minimum atomic E-state index is -0.166. The number of urea groups is 1. The van der Waals surface area contributed by atoms with Crippen molar-refractivity contribution in [1.82, 2.24) is 15.5 Å². The summed E-state index contributed by atoms with van der Waals surface area (Å²) in [6.45, 7) is 2.96. The van der Waals surface area contributed by atoms with Crippen LogP contribution in [-0.4, -0.2) is 53.9 Å². The van der Waals surface area contributed by atoms with Crippen LogP contribution in [0.2, 0.25) is 0 Å². The van der Waals surface area contributed by atoms with E-state index in [0.717, 1.165) is 57.7 Å². The van der Waals surface area contributed by atoms with Crippen LogP contribution in [0.4, 0.5) is 4.79 Å². The topological polar surface area (TPSA) is 64.6 Å². The van der Waals surface area contributed by atoms with Crippen molar-refractivity contribution in [1.29, 1.82) is 0 Å². The number of likely N-dealkylation sites (tertiary alicyclic amines) is 1. The van der Waals surface area contributed by atoms with Crippen LogP contribution in [0.25, 0.3) is 0 Å². The number of nitrogens with zero attached hydrogens (tertiary/aromatic N) is 1. The van der Waals surface area contributed by atoms with Crippen LogP contribution in [0.1, 0.15) is 51.4 Å². The highest BCUT2D eigenvalue weighted by molar-refractivity contribution is 5.74. The van der Waals surface area contributed by atoms with Crippen molar-refractivity contribution in [3.05, 3.63) is 0 Å². The number of carbonyl (C=O) groups excluding carboxylic acids is 1. The number of aliphatic hydroxyl groups excluding tert-OH is 1. The summed E-state index contributed by atoms with van der Waals surface area (Å²) >= 11 is 0. The van der Waals surface area contributed by atoms with Gasteiger partial charge in [-0.15, -0.1) is 0 Å². The third-order valence-electron chi connectivity index (χ3n) is 5.23. The van der Waals surface area contributed by atoms with E-state index in [2.05, 4.69) is 15.5 Å². The summed E-state index contributed by atoms with van der Waals surface area (Å²) in [7, 11) is 0. The molecule has 3 aliphatic rings. The molecule has 2 amide bonds. The fraction of sp³-hybridized carbons (Fsp3) is 0.938. The predicted molar refractivity (Wildman–Crippen MR) is 82.1 cm³/mol. The van der Waals surface area contributed by atoms with Crippen molar-refractivity contribution in [2.45, 2.75) is 69.6 Å². The summed E-state index contributed by atoms with van der Waals surface area (Å²) < 4.78 is 0. The number of amides is 2. The SMILES string of the molecule is O=C(NCC1CCCC(O)C1)NC1CCN(C2CC2)CC1. The van der Waals surface area contributed by atoms with Gasteiger partial charge in [-0.05, 0) is 50.9 Å². The van der Waals surface area contributed by atoms with E-state index in [1.165, 1.54) is 12.8 Å². The summed E-state index contributed by atoms with van der Waals surface area (Å²) in [5.41, 5.74) is 0. The summed E-state index contributed by atoms with van der Waals surface area (Å²) in [6.07, 6.45) is 8.67. The lowest BCUT2D eigenvalue weighted by molar-refractivity contribution is 0.101. The summed E-state index contributed by atoms with van der Waals surface area (Å²) in [4.78, 5) is 14.5. The van der Waals surface area contributed by atoms with E-state index in [1.54, 1.807) is 0 Å². The Morgan fingerprint density at radius 1 is 1.10 bits per heavy atom. The van der Waals surface area contributed by atoms with Crippen molar-refractivity contribution in [2.75, 3.05) is 19.6 Å². The average Bonchev–Trinajstić information content (AvgIpc) is 3.31. The van der Waals surface area contributed by atoms with Gasteiger partial charge in [0.05, 0.1) is 6.10 Å². The lowest BCUT2D eigenvalue weighted by Crippen LogP contribution is -2.49. The molecule has 1 heterocycles. The smallest absolute Gasteiger partial charge is 0.315 e. The first-order valence-corrected chi connectivity index (χ1v) is 8.67. The summed E-state index contributed by atoms with van der Waals surface area (Å²) in [6, 6.07) is 1.15. The van der Waals surface area contributed by atoms with E-state index in [4.69, 9.17) is 0 Å². The molecule has 21 heavy (non-hydrogen) atoms. The molecule has 0 aromatic heterocycles. The predicted octanol–water partition coefficient (Wildman–Crippen LogP) is 1.46. The molecule has 0 aromatic carbocycles. The van der Waals surface area contributed by atoms with Gasteiger partial charge in [0.2, 0.25) is 0 Å². The van der Waals surface area contributed by atoms with E-state index in [-0.39, 0.29) is 12.1 Å². The fourth-order valence-electron chi connectivity index (χ4n) is 3.77. The molecule has 2 atom stereocenters. The monoisotopic (exact) mass is 295 g/mol. The quantitative estimate of drug-likeness (QED) is 0.736. The van der Waals surface area contributed by atoms with E-state index >= 15 is 0 Å². The van der Waals surface area contributed by atoms with Crippen LogP contribution >= 0.6 is 0 Å². The van der Waals surface area contributed by atoms with Gasteiger partial charge in [0.15, 0.2) is 0 Å². The van der Waals surface area contributed by atoms with Crippen LogP contribution < -0.4 is 10.6 Å². The molecular formula is C16H29N3O2. The molecule has 2 aliphatic carbocycles. The Morgan fingerprint density at radius 3 is 2.52 bits per heavy atom. The van der Waals surface area contributed by atoms with Gasteiger partial charge in [-0.25, -0.2) is 4.79 Å². The first kappa shape index (κ1) is 15.1. The minimum Gasteiger partial charge on any atom is -0.393 e. The molecule has 3 rings (SSSR count). The number of carbonyl (C=O) groups is 1. The highest BCUT2D eigenvalue weighted by Crippen LogP contribution is 2.29. The third kappa shape index (κ3) is 4.58. The van der Waals surface area contributed by atoms with Gasteiger partial charge in [0, 0.05) is 31.7 Å². The van der Waals surface area contributed by atoms with Gasteiger partial charge in [-0.2, -0.15) is 0 Å². The van der Waals surface area contributed by atoms with Crippen molar-refractivity contribution >= 4 is 6.03 Å². The number of rotatable bonds is 4. The maximum absolute atomic E-state index is 12.0. The molecule has 3 fully saturated rings. The number of hydrogen-bond acceptors (Lipinski definition) is 3. The third-order valence-corrected chi connectivity index (χ3v) is 5.23. The van der Waals surface area contributed by atoms with Crippen LogP contribution in [0.15, 0.2) is 0 Å². The molecule has 2 unspecified atom stereocenters. The van der Waals surface area contributed by atoms with Gasteiger partial charge < -0.3 is 20.6 Å². The van der Waals surface area contributed by atoms with Gasteiger partial charge in [0.1, 0.15) is 0 Å². The molecule has 120 valence electrons. The van der Waals surface area contributed by atoms with Crippen molar-refractivity contribution in [3.63, 3.8) is 0 Å². The lowest BCUT2D eigenvalue weighted by Gasteiger charge is -2.32. The van der Waals surface area contributed by atoms with Crippen LogP contribution in [-0.2, 0) is 0 Å². The first-order valence-electron chi connectivity index (χ1n) is 8.67. The van der Waals surface area contributed by atoms with Gasteiger partial charge in [0.25, 0.3) is 0 Å². The molecule has 2 saturated carbocycles. The van der Waals surface area contributed by atoms with Gasteiger partial charge in [-0.1, -0.05) is 6.42 Å². The number of nitrogens with one attached hydrogen (secondary N) is 2. The Hall–Kier alpha value is -0.810. The van der Waals surface area contributed by atoms with E-state index < -0.39 is 0 Å². The van der Waals surface area contributed by atoms with E-state index in [0.29, 0.717) is 18.5 Å². The summed E-state index contributed by atoms with van der Waals surface area (Å²) in [5, 5.41) is 15.7. The number of piperidine rings is 1. The van der Waals surface area contributed by atoms with Crippen molar-refractivity contribution < 1.29 is 9.90 Å². The molecule has 5 heteroatoms. The number of hydrogen-bond donors (Lipinski definition) is 3. The zero-order valence-corrected chi connectivity index (χ0v) is 12.9. The largest absolute Gasteiger partial charge is 0.393 e. The Bertz CT molecular complexity index is 351. The standard InChI is InChI=1S/C16H29N3O2/c20-15-3-1-2-12(10-15)11-17-16(21)18-13-6-8-19(9-7-13)14-4-5-14/h12-15,20H,1-11H2,(H2,17,18,21). The minimum absolute atomic E-state index is 0.0278. The molecule has 0 spiro atoms. The number of aliphatic hydroxyl groups is 1. The normalized spacial score (nSPS) is 31.9. The molecule has 0 aromatic rings. The Balaban J connectivity index is 1.31. The Morgan fingerprint density at radius 2 is 1.86 bits per heavy atom. The molecule has 0 bridgehead atoms. The molecular weight excluding hydrogens is 266 g/mol. The highest BCUT2D eigenvalue weighted by Gasteiger charge is 2.32. The maximum atomic E-state index is 12.0. The lowest BCUT2D eigenvalue weighted by atomic mass is 9.87. The average molecular weight is 295 g/mol. The molecule has 1 aliphatic heterocycles. The van der Waals surface area contributed by atoms with E-state index in [9.17, 15) is 9.90 Å². The zero-order valence-electron chi connectivity index (χ0n) is 12.9. The summed E-state index contributed by atoms with van der Waals surface area (Å²) in [5.74, 6) is 0.441. The van der Waals surface area contributed by atoms with Crippen LogP contribution in [0.3, 0.4) is 0 Å².